The Morgan fingerprint density at radius 2 is 1.77 bits per heavy atom. The van der Waals surface area contributed by atoms with Gasteiger partial charge in [-0.1, -0.05) is 13.3 Å². The molecule has 0 saturated heterocycles. The van der Waals surface area contributed by atoms with Crippen LogP contribution in [0.15, 0.2) is 0 Å². The Kier molecular flexibility index (Phi) is 6.28. The molecule has 0 atom stereocenters. The number of hydrogen-bond donors (Lipinski definition) is 1. The molecule has 0 aromatic heterocycles. The smallest absolute Gasteiger partial charge is 0.211 e. The number of sulfonamides is 1. The first-order valence-electron chi connectivity index (χ1n) is 4.58. The van der Waals surface area contributed by atoms with Crippen LogP contribution in [0.5, 0.6) is 0 Å². The molecular formula is C8H19NO3S. The number of nitrogens with zero attached hydrogens (tertiary/aromatic N) is 1. The zero-order chi connectivity index (χ0) is 10.3. The van der Waals surface area contributed by atoms with Crippen LogP contribution in [0.4, 0.5) is 0 Å². The van der Waals surface area contributed by atoms with E-state index in [0.717, 1.165) is 12.8 Å². The molecule has 0 spiro atoms. The van der Waals surface area contributed by atoms with Crippen LogP contribution in [0.25, 0.3) is 0 Å². The van der Waals surface area contributed by atoms with Crippen molar-refractivity contribution in [2.75, 3.05) is 26.0 Å². The lowest BCUT2D eigenvalue weighted by atomic mass is 10.3. The van der Waals surface area contributed by atoms with Crippen LogP contribution in [-0.2, 0) is 10.0 Å². The SMILES string of the molecule is CCCCN(CCCO)S(C)(=O)=O. The van der Waals surface area contributed by atoms with E-state index in [1.807, 2.05) is 6.92 Å². The average Bonchev–Trinajstić information content (AvgIpc) is 2.02. The number of hydrogen-bond acceptors (Lipinski definition) is 3. The first kappa shape index (κ1) is 12.9. The molecule has 0 bridgehead atoms. The fourth-order valence-corrected chi connectivity index (χ4v) is 1.95. The summed E-state index contributed by atoms with van der Waals surface area (Å²) in [5.41, 5.74) is 0. The molecule has 0 amide bonds. The second-order valence-electron chi connectivity index (χ2n) is 3.09. The topological polar surface area (TPSA) is 57.6 Å². The number of unbranched alkanes of at least 4 members (excludes halogenated alkanes) is 1. The normalized spacial score (nSPS) is 12.3. The maximum absolute atomic E-state index is 11.2. The molecule has 13 heavy (non-hydrogen) atoms. The van der Waals surface area contributed by atoms with Crippen LogP contribution in [0.3, 0.4) is 0 Å². The van der Waals surface area contributed by atoms with Crippen molar-refractivity contribution in [3.8, 4) is 0 Å². The Morgan fingerprint density at radius 1 is 1.23 bits per heavy atom. The minimum atomic E-state index is -3.09. The van der Waals surface area contributed by atoms with Crippen molar-refractivity contribution in [3.63, 3.8) is 0 Å². The molecule has 0 aliphatic rings. The van der Waals surface area contributed by atoms with Gasteiger partial charge in [0.05, 0.1) is 6.26 Å². The molecule has 80 valence electrons. The minimum absolute atomic E-state index is 0.0398. The van der Waals surface area contributed by atoms with Gasteiger partial charge in [0, 0.05) is 19.7 Å². The third kappa shape index (κ3) is 6.01. The molecule has 0 radical (unpaired) electrons. The summed E-state index contributed by atoms with van der Waals surface area (Å²) >= 11 is 0. The number of rotatable bonds is 7. The number of aliphatic hydroxyl groups excluding tert-OH is 1. The summed E-state index contributed by atoms with van der Waals surface area (Å²) in [6.45, 7) is 3.05. The van der Waals surface area contributed by atoms with Gasteiger partial charge in [-0.15, -0.1) is 0 Å². The largest absolute Gasteiger partial charge is 0.396 e. The first-order valence-corrected chi connectivity index (χ1v) is 6.43. The molecule has 0 aliphatic heterocycles. The predicted octanol–water partition coefficient (Wildman–Crippen LogP) is 0.431. The van der Waals surface area contributed by atoms with E-state index >= 15 is 0 Å². The maximum atomic E-state index is 11.2. The predicted molar refractivity (Wildman–Crippen MR) is 53.0 cm³/mol. The van der Waals surface area contributed by atoms with E-state index in [9.17, 15) is 8.42 Å². The van der Waals surface area contributed by atoms with Gasteiger partial charge in [0.1, 0.15) is 0 Å². The molecule has 0 rings (SSSR count). The van der Waals surface area contributed by atoms with Gasteiger partial charge in [0.2, 0.25) is 10.0 Å². The van der Waals surface area contributed by atoms with Crippen molar-refractivity contribution >= 4 is 10.0 Å². The van der Waals surface area contributed by atoms with Gasteiger partial charge in [0.25, 0.3) is 0 Å². The molecule has 0 saturated carbocycles. The third-order valence-corrected chi connectivity index (χ3v) is 3.10. The standard InChI is InChI=1S/C8H19NO3S/c1-3-4-6-9(7-5-8-10)13(2,11)12/h10H,3-8H2,1-2H3. The Balaban J connectivity index is 4.04. The highest BCUT2D eigenvalue weighted by atomic mass is 32.2. The second-order valence-corrected chi connectivity index (χ2v) is 5.08. The Morgan fingerprint density at radius 3 is 2.15 bits per heavy atom. The number of aliphatic hydroxyl groups is 1. The summed E-state index contributed by atoms with van der Waals surface area (Å²) in [6, 6.07) is 0. The minimum Gasteiger partial charge on any atom is -0.396 e. The highest BCUT2D eigenvalue weighted by molar-refractivity contribution is 7.88. The van der Waals surface area contributed by atoms with Gasteiger partial charge in [-0.3, -0.25) is 0 Å². The van der Waals surface area contributed by atoms with E-state index in [4.69, 9.17) is 5.11 Å². The molecule has 0 heterocycles. The average molecular weight is 209 g/mol. The molecule has 0 fully saturated rings. The third-order valence-electron chi connectivity index (χ3n) is 1.80. The van der Waals surface area contributed by atoms with Crippen molar-refractivity contribution in [1.29, 1.82) is 0 Å². The second kappa shape index (κ2) is 6.34. The van der Waals surface area contributed by atoms with E-state index < -0.39 is 10.0 Å². The molecule has 4 nitrogen and oxygen atoms in total. The van der Waals surface area contributed by atoms with Crippen LogP contribution in [-0.4, -0.2) is 43.8 Å². The molecule has 1 N–H and O–H groups in total. The van der Waals surface area contributed by atoms with Gasteiger partial charge in [0.15, 0.2) is 0 Å². The van der Waals surface area contributed by atoms with Gasteiger partial charge in [-0.2, -0.15) is 0 Å². The Bertz CT molecular complexity index is 205. The van der Waals surface area contributed by atoms with Crippen LogP contribution in [0.2, 0.25) is 0 Å². The van der Waals surface area contributed by atoms with Gasteiger partial charge in [-0.05, 0) is 12.8 Å². The Labute approximate surface area is 80.6 Å². The Hall–Kier alpha value is -0.130. The maximum Gasteiger partial charge on any atom is 0.211 e. The first-order chi connectivity index (χ1) is 6.02. The molecule has 0 aromatic rings. The summed E-state index contributed by atoms with van der Waals surface area (Å²) in [6.07, 6.45) is 3.57. The summed E-state index contributed by atoms with van der Waals surface area (Å²) in [4.78, 5) is 0. The lowest BCUT2D eigenvalue weighted by Gasteiger charge is -2.18. The van der Waals surface area contributed by atoms with Crippen molar-refractivity contribution in [2.24, 2.45) is 0 Å². The lowest BCUT2D eigenvalue weighted by Crippen LogP contribution is -2.32. The van der Waals surface area contributed by atoms with E-state index in [-0.39, 0.29) is 6.61 Å². The molecule has 0 unspecified atom stereocenters. The fourth-order valence-electron chi connectivity index (χ4n) is 1.02. The van der Waals surface area contributed by atoms with E-state index in [1.54, 1.807) is 0 Å². The van der Waals surface area contributed by atoms with Crippen molar-refractivity contribution in [2.45, 2.75) is 26.2 Å². The van der Waals surface area contributed by atoms with Crippen molar-refractivity contribution < 1.29 is 13.5 Å². The molecule has 5 heteroatoms. The molecular weight excluding hydrogens is 190 g/mol. The highest BCUT2D eigenvalue weighted by Gasteiger charge is 2.14. The van der Waals surface area contributed by atoms with Crippen molar-refractivity contribution in [3.05, 3.63) is 0 Å². The quantitative estimate of drug-likeness (QED) is 0.661. The van der Waals surface area contributed by atoms with E-state index in [1.165, 1.54) is 10.6 Å². The fraction of sp³-hybridized carbons (Fsp3) is 1.00. The summed E-state index contributed by atoms with van der Waals surface area (Å²) in [7, 11) is -3.09. The van der Waals surface area contributed by atoms with Gasteiger partial charge >= 0.3 is 0 Å². The summed E-state index contributed by atoms with van der Waals surface area (Å²) < 4.78 is 23.8. The van der Waals surface area contributed by atoms with E-state index in [0.29, 0.717) is 19.5 Å². The van der Waals surface area contributed by atoms with Gasteiger partial charge in [-0.25, -0.2) is 12.7 Å². The van der Waals surface area contributed by atoms with Gasteiger partial charge < -0.3 is 5.11 Å². The summed E-state index contributed by atoms with van der Waals surface area (Å²) in [5.74, 6) is 0. The van der Waals surface area contributed by atoms with Crippen molar-refractivity contribution in [1.82, 2.24) is 4.31 Å². The lowest BCUT2D eigenvalue weighted by molar-refractivity contribution is 0.268. The molecule has 0 aromatic carbocycles. The zero-order valence-electron chi connectivity index (χ0n) is 8.36. The van der Waals surface area contributed by atoms with Crippen LogP contribution < -0.4 is 0 Å². The summed E-state index contributed by atoms with van der Waals surface area (Å²) in [5, 5.41) is 8.58. The zero-order valence-corrected chi connectivity index (χ0v) is 9.18. The van der Waals surface area contributed by atoms with Crippen LogP contribution >= 0.6 is 0 Å². The molecule has 0 aliphatic carbocycles. The monoisotopic (exact) mass is 209 g/mol. The van der Waals surface area contributed by atoms with E-state index in [2.05, 4.69) is 0 Å². The highest BCUT2D eigenvalue weighted by Crippen LogP contribution is 2.02. The van der Waals surface area contributed by atoms with Crippen LogP contribution in [0.1, 0.15) is 26.2 Å². The van der Waals surface area contributed by atoms with Crippen LogP contribution in [0, 0.1) is 0 Å².